The Hall–Kier alpha value is -2.12. The van der Waals surface area contributed by atoms with Gasteiger partial charge in [0.1, 0.15) is 0 Å². The van der Waals surface area contributed by atoms with Crippen molar-refractivity contribution in [2.75, 3.05) is 6.54 Å². The lowest BCUT2D eigenvalue weighted by Crippen LogP contribution is -2.11. The lowest BCUT2D eigenvalue weighted by atomic mass is 10.1. The first-order valence-electron chi connectivity index (χ1n) is 6.02. The summed E-state index contributed by atoms with van der Waals surface area (Å²) >= 11 is 0. The minimum atomic E-state index is 0.695. The molecule has 1 aromatic carbocycles. The zero-order chi connectivity index (χ0) is 12.8. The Bertz CT molecular complexity index is 551. The summed E-state index contributed by atoms with van der Waals surface area (Å²) in [4.78, 5) is 4.33. The first-order chi connectivity index (χ1) is 8.81. The van der Waals surface area contributed by atoms with Crippen molar-refractivity contribution in [2.24, 2.45) is 0 Å². The van der Waals surface area contributed by atoms with Gasteiger partial charge in [-0.3, -0.25) is 0 Å². The fourth-order valence-corrected chi connectivity index (χ4v) is 1.79. The highest BCUT2D eigenvalue weighted by Gasteiger charge is 2.00. The highest BCUT2D eigenvalue weighted by atomic mass is 15.0. The van der Waals surface area contributed by atoms with Crippen molar-refractivity contribution >= 4 is 0 Å². The van der Waals surface area contributed by atoms with Gasteiger partial charge >= 0.3 is 0 Å². The Labute approximate surface area is 107 Å². The Balaban J connectivity index is 2.04. The van der Waals surface area contributed by atoms with E-state index in [-0.39, 0.29) is 0 Å². The molecule has 1 heterocycles. The van der Waals surface area contributed by atoms with E-state index in [0.29, 0.717) is 5.56 Å². The average molecular weight is 240 g/mol. The molecule has 0 radical (unpaired) electrons. The van der Waals surface area contributed by atoms with E-state index < -0.39 is 0 Å². The lowest BCUT2D eigenvalue weighted by Gasteiger charge is -2.02. The van der Waals surface area contributed by atoms with Gasteiger partial charge in [-0.25, -0.2) is 4.98 Å². The fourth-order valence-electron chi connectivity index (χ4n) is 1.79. The normalized spacial score (nSPS) is 10.2. The molecule has 92 valence electrons. The van der Waals surface area contributed by atoms with Crippen LogP contribution in [0.25, 0.3) is 0 Å². The fraction of sp³-hybridized carbons (Fsp3) is 0.286. The monoisotopic (exact) mass is 240 g/mol. The van der Waals surface area contributed by atoms with Gasteiger partial charge in [0.05, 0.1) is 23.7 Å². The standard InChI is InChI=1S/C14H16N4/c1-2-16-8-14-10-18(11-17-14)9-13-5-3-4-12(6-13)7-15/h3-6,10-11,16H,2,8-9H2,1H3. The lowest BCUT2D eigenvalue weighted by molar-refractivity contribution is 0.712. The molecule has 1 N–H and O–H groups in total. The van der Waals surface area contributed by atoms with Crippen molar-refractivity contribution < 1.29 is 0 Å². The summed E-state index contributed by atoms with van der Waals surface area (Å²) in [5.74, 6) is 0. The Morgan fingerprint density at radius 2 is 2.33 bits per heavy atom. The summed E-state index contributed by atoms with van der Waals surface area (Å²) in [6.45, 7) is 4.55. The Kier molecular flexibility index (Phi) is 4.11. The maximum atomic E-state index is 8.85. The van der Waals surface area contributed by atoms with Gasteiger partial charge in [-0.05, 0) is 24.2 Å². The van der Waals surface area contributed by atoms with Gasteiger partial charge in [-0.2, -0.15) is 5.26 Å². The molecule has 0 aliphatic heterocycles. The van der Waals surface area contributed by atoms with Crippen molar-refractivity contribution in [3.63, 3.8) is 0 Å². The molecule has 0 unspecified atom stereocenters. The minimum Gasteiger partial charge on any atom is -0.333 e. The second-order valence-corrected chi connectivity index (χ2v) is 4.13. The van der Waals surface area contributed by atoms with Crippen LogP contribution in [0, 0.1) is 11.3 Å². The van der Waals surface area contributed by atoms with Crippen molar-refractivity contribution in [2.45, 2.75) is 20.0 Å². The number of nitrogens with zero attached hydrogens (tertiary/aromatic N) is 3. The van der Waals surface area contributed by atoms with Gasteiger partial charge < -0.3 is 9.88 Å². The van der Waals surface area contributed by atoms with E-state index in [2.05, 4.69) is 23.3 Å². The van der Waals surface area contributed by atoms with E-state index in [1.54, 1.807) is 0 Å². The highest BCUT2D eigenvalue weighted by molar-refractivity contribution is 5.32. The zero-order valence-corrected chi connectivity index (χ0v) is 10.4. The molecule has 0 saturated carbocycles. The van der Waals surface area contributed by atoms with Gasteiger partial charge in [0, 0.05) is 19.3 Å². The molecule has 1 aromatic heterocycles. The third kappa shape index (κ3) is 3.19. The predicted molar refractivity (Wildman–Crippen MR) is 69.9 cm³/mol. The SMILES string of the molecule is CCNCc1cn(Cc2cccc(C#N)c2)cn1. The molecule has 2 rings (SSSR count). The molecule has 0 bridgehead atoms. The summed E-state index contributed by atoms with van der Waals surface area (Å²) in [6.07, 6.45) is 3.85. The molecular formula is C14H16N4. The van der Waals surface area contributed by atoms with Crippen LogP contribution >= 0.6 is 0 Å². The largest absolute Gasteiger partial charge is 0.333 e. The maximum Gasteiger partial charge on any atom is 0.0991 e. The van der Waals surface area contributed by atoms with Crippen LogP contribution in [0.4, 0.5) is 0 Å². The first kappa shape index (κ1) is 12.3. The van der Waals surface area contributed by atoms with E-state index in [4.69, 9.17) is 5.26 Å². The summed E-state index contributed by atoms with van der Waals surface area (Å²) < 4.78 is 2.03. The molecule has 0 fully saturated rings. The number of nitriles is 1. The van der Waals surface area contributed by atoms with E-state index in [1.807, 2.05) is 41.4 Å². The smallest absolute Gasteiger partial charge is 0.0991 e. The number of rotatable bonds is 5. The molecule has 18 heavy (non-hydrogen) atoms. The average Bonchev–Trinajstić information content (AvgIpc) is 2.84. The molecule has 0 saturated heterocycles. The second-order valence-electron chi connectivity index (χ2n) is 4.13. The summed E-state index contributed by atoms with van der Waals surface area (Å²) in [6, 6.07) is 9.80. The van der Waals surface area contributed by atoms with E-state index in [1.165, 1.54) is 0 Å². The third-order valence-corrected chi connectivity index (χ3v) is 2.66. The second kappa shape index (κ2) is 5.99. The van der Waals surface area contributed by atoms with Crippen molar-refractivity contribution in [1.29, 1.82) is 5.26 Å². The Morgan fingerprint density at radius 3 is 3.11 bits per heavy atom. The molecule has 0 atom stereocenters. The number of hydrogen-bond donors (Lipinski definition) is 1. The van der Waals surface area contributed by atoms with Crippen LogP contribution in [0.15, 0.2) is 36.8 Å². The molecular weight excluding hydrogens is 224 g/mol. The summed E-state index contributed by atoms with van der Waals surface area (Å²) in [5, 5.41) is 12.1. The van der Waals surface area contributed by atoms with Crippen LogP contribution in [0.3, 0.4) is 0 Å². The van der Waals surface area contributed by atoms with Gasteiger partial charge in [0.25, 0.3) is 0 Å². The van der Waals surface area contributed by atoms with Gasteiger partial charge in [0.2, 0.25) is 0 Å². The van der Waals surface area contributed by atoms with Gasteiger partial charge in [0.15, 0.2) is 0 Å². The van der Waals surface area contributed by atoms with Crippen LogP contribution in [0.1, 0.15) is 23.7 Å². The van der Waals surface area contributed by atoms with Crippen molar-refractivity contribution in [3.8, 4) is 6.07 Å². The summed E-state index contributed by atoms with van der Waals surface area (Å²) in [5.41, 5.74) is 2.84. The topological polar surface area (TPSA) is 53.6 Å². The number of hydrogen-bond acceptors (Lipinski definition) is 3. The van der Waals surface area contributed by atoms with Crippen LogP contribution in [0.2, 0.25) is 0 Å². The molecule has 0 amide bonds. The molecule has 4 nitrogen and oxygen atoms in total. The molecule has 4 heteroatoms. The number of aromatic nitrogens is 2. The highest BCUT2D eigenvalue weighted by Crippen LogP contribution is 2.07. The first-order valence-corrected chi connectivity index (χ1v) is 6.02. The van der Waals surface area contributed by atoms with Gasteiger partial charge in [-0.15, -0.1) is 0 Å². The predicted octanol–water partition coefficient (Wildman–Crippen LogP) is 1.91. The molecule has 0 spiro atoms. The van der Waals surface area contributed by atoms with Crippen LogP contribution in [-0.2, 0) is 13.1 Å². The Morgan fingerprint density at radius 1 is 1.44 bits per heavy atom. The molecule has 0 aliphatic carbocycles. The van der Waals surface area contributed by atoms with Crippen molar-refractivity contribution in [1.82, 2.24) is 14.9 Å². The van der Waals surface area contributed by atoms with Crippen LogP contribution in [0.5, 0.6) is 0 Å². The zero-order valence-electron chi connectivity index (χ0n) is 10.4. The molecule has 2 aromatic rings. The number of benzene rings is 1. The van der Waals surface area contributed by atoms with Crippen molar-refractivity contribution in [3.05, 3.63) is 53.6 Å². The van der Waals surface area contributed by atoms with Crippen LogP contribution in [-0.4, -0.2) is 16.1 Å². The minimum absolute atomic E-state index is 0.695. The molecule has 0 aliphatic rings. The summed E-state index contributed by atoms with van der Waals surface area (Å²) in [7, 11) is 0. The number of imidazole rings is 1. The quantitative estimate of drug-likeness (QED) is 0.868. The van der Waals surface area contributed by atoms with Gasteiger partial charge in [-0.1, -0.05) is 19.1 Å². The van der Waals surface area contributed by atoms with E-state index >= 15 is 0 Å². The number of nitrogens with one attached hydrogen (secondary N) is 1. The van der Waals surface area contributed by atoms with E-state index in [9.17, 15) is 0 Å². The van der Waals surface area contributed by atoms with Crippen LogP contribution < -0.4 is 5.32 Å². The third-order valence-electron chi connectivity index (χ3n) is 2.66. The van der Waals surface area contributed by atoms with E-state index in [0.717, 1.165) is 30.9 Å². The maximum absolute atomic E-state index is 8.85.